The molecule has 2 bridgehead atoms. The van der Waals surface area contributed by atoms with Crippen molar-refractivity contribution in [2.24, 2.45) is 11.8 Å². The Morgan fingerprint density at radius 2 is 1.72 bits per heavy atom. The molecule has 0 saturated carbocycles. The van der Waals surface area contributed by atoms with Crippen LogP contribution in [0.3, 0.4) is 0 Å². The molecule has 39 heavy (non-hydrogen) atoms. The first kappa shape index (κ1) is 26.8. The van der Waals surface area contributed by atoms with E-state index >= 15 is 0 Å². The molecule has 2 fully saturated rings. The molecule has 0 aliphatic carbocycles. The highest BCUT2D eigenvalue weighted by atomic mass is 16.6. The number of Topliss-reactive ketones (excluding diaryl/α,β-unsaturated/α-hetero) is 1. The lowest BCUT2D eigenvalue weighted by atomic mass is 9.84. The minimum absolute atomic E-state index is 0.0959. The number of fused-ring (bicyclic) bond motifs is 3. The molecule has 0 aromatic heterocycles. The van der Waals surface area contributed by atoms with Crippen LogP contribution in [0.4, 0.5) is 4.79 Å². The maximum absolute atomic E-state index is 13.1. The summed E-state index contributed by atoms with van der Waals surface area (Å²) in [4.78, 5) is 29.9. The van der Waals surface area contributed by atoms with E-state index in [0.717, 1.165) is 32.6 Å². The number of nitriles is 1. The predicted octanol–water partition coefficient (Wildman–Crippen LogP) is 2.14. The zero-order valence-corrected chi connectivity index (χ0v) is 22.2. The van der Waals surface area contributed by atoms with Gasteiger partial charge in [0.15, 0.2) is 17.3 Å². The monoisotopic (exact) mass is 533 g/mol. The Balaban J connectivity index is 1.14. The van der Waals surface area contributed by atoms with Crippen LogP contribution in [0.25, 0.3) is 0 Å². The van der Waals surface area contributed by atoms with Crippen LogP contribution in [0.1, 0.15) is 22.3 Å². The van der Waals surface area contributed by atoms with Gasteiger partial charge in [0.25, 0.3) is 0 Å². The summed E-state index contributed by atoms with van der Waals surface area (Å²) in [6.07, 6.45) is 1.15. The Morgan fingerprint density at radius 1 is 1.03 bits per heavy atom. The lowest BCUT2D eigenvalue weighted by Gasteiger charge is -2.46. The first-order chi connectivity index (χ1) is 19.0. The summed E-state index contributed by atoms with van der Waals surface area (Å²) < 4.78 is 17.2. The molecule has 2 aromatic carbocycles. The lowest BCUT2D eigenvalue weighted by Crippen LogP contribution is -2.57. The van der Waals surface area contributed by atoms with E-state index in [2.05, 4.69) is 26.5 Å². The van der Waals surface area contributed by atoms with Gasteiger partial charge in [0, 0.05) is 45.3 Å². The SMILES string of the molecule is CNC(=O)NC(COc1ccc(C#N)cc1)CN1CC2CC(CN(CC(=O)c3ccc4c(c3)OCCO4)C2)C1. The number of rotatable bonds is 9. The van der Waals surface area contributed by atoms with E-state index in [0.29, 0.717) is 73.1 Å². The van der Waals surface area contributed by atoms with E-state index in [4.69, 9.17) is 19.5 Å². The molecule has 0 radical (unpaired) electrons. The minimum Gasteiger partial charge on any atom is -0.491 e. The van der Waals surface area contributed by atoms with Gasteiger partial charge in [-0.3, -0.25) is 9.69 Å². The average Bonchev–Trinajstić information content (AvgIpc) is 2.95. The van der Waals surface area contributed by atoms with Crippen LogP contribution in [0.5, 0.6) is 17.2 Å². The predicted molar refractivity (Wildman–Crippen MR) is 144 cm³/mol. The van der Waals surface area contributed by atoms with Gasteiger partial charge in [0.05, 0.1) is 24.2 Å². The minimum atomic E-state index is -0.246. The number of hydrogen-bond donors (Lipinski definition) is 2. The molecule has 0 spiro atoms. The smallest absolute Gasteiger partial charge is 0.314 e. The maximum atomic E-state index is 13.1. The van der Waals surface area contributed by atoms with Crippen LogP contribution in [0, 0.1) is 23.2 Å². The lowest BCUT2D eigenvalue weighted by molar-refractivity contribution is 0.0256. The summed E-state index contributed by atoms with van der Waals surface area (Å²) in [5.74, 6) is 3.01. The first-order valence-electron chi connectivity index (χ1n) is 13.5. The molecule has 3 atom stereocenters. The van der Waals surface area contributed by atoms with E-state index in [1.807, 2.05) is 12.1 Å². The quantitative estimate of drug-likeness (QED) is 0.471. The van der Waals surface area contributed by atoms with Gasteiger partial charge in [-0.15, -0.1) is 0 Å². The van der Waals surface area contributed by atoms with E-state index in [-0.39, 0.29) is 17.9 Å². The Hall–Kier alpha value is -3.81. The third-order valence-electron chi connectivity index (χ3n) is 7.44. The Labute approximate surface area is 228 Å². The summed E-state index contributed by atoms with van der Waals surface area (Å²) in [5.41, 5.74) is 1.23. The molecule has 10 nitrogen and oxygen atoms in total. The third kappa shape index (κ3) is 6.99. The number of nitrogens with one attached hydrogen (secondary N) is 2. The van der Waals surface area contributed by atoms with Crippen molar-refractivity contribution in [1.82, 2.24) is 20.4 Å². The molecule has 2 aromatic rings. The summed E-state index contributed by atoms with van der Waals surface area (Å²) >= 11 is 0. The number of urea groups is 1. The van der Waals surface area contributed by atoms with Gasteiger partial charge in [-0.25, -0.2) is 4.79 Å². The fraction of sp³-hybridized carbons (Fsp3) is 0.483. The summed E-state index contributed by atoms with van der Waals surface area (Å²) in [6.45, 7) is 5.98. The van der Waals surface area contributed by atoms with Crippen LogP contribution in [-0.2, 0) is 0 Å². The highest BCUT2D eigenvalue weighted by Gasteiger charge is 2.35. The molecule has 2 amide bonds. The molecule has 3 aliphatic rings. The standard InChI is InChI=1S/C29H35N5O5/c1-31-29(36)32-24(19-39-25-5-2-20(12-30)3-6-25)17-33-13-21-10-22(14-33)16-34(15-21)18-26(35)23-4-7-27-28(11-23)38-9-8-37-27/h2-7,11,21-22,24H,8-10,13-19H2,1H3,(H2,31,32,36). The molecule has 2 N–H and O–H groups in total. The fourth-order valence-corrected chi connectivity index (χ4v) is 5.82. The van der Waals surface area contributed by atoms with Crippen molar-refractivity contribution >= 4 is 11.8 Å². The number of likely N-dealkylation sites (tertiary alicyclic amines) is 2. The second-order valence-corrected chi connectivity index (χ2v) is 10.5. The highest BCUT2D eigenvalue weighted by Crippen LogP contribution is 2.32. The largest absolute Gasteiger partial charge is 0.491 e. The van der Waals surface area contributed by atoms with E-state index in [1.54, 1.807) is 37.4 Å². The molecule has 206 valence electrons. The van der Waals surface area contributed by atoms with Crippen molar-refractivity contribution in [3.8, 4) is 23.3 Å². The molecule has 3 aliphatic heterocycles. The van der Waals surface area contributed by atoms with Gasteiger partial charge < -0.3 is 29.7 Å². The van der Waals surface area contributed by atoms with Crippen molar-refractivity contribution in [2.75, 3.05) is 66.1 Å². The average molecular weight is 534 g/mol. The van der Waals surface area contributed by atoms with Gasteiger partial charge in [-0.1, -0.05) is 0 Å². The van der Waals surface area contributed by atoms with Gasteiger partial charge >= 0.3 is 6.03 Å². The zero-order chi connectivity index (χ0) is 27.2. The molecule has 3 unspecified atom stereocenters. The first-order valence-corrected chi connectivity index (χ1v) is 13.5. The number of carbonyl (C=O) groups is 2. The third-order valence-corrected chi connectivity index (χ3v) is 7.44. The Morgan fingerprint density at radius 3 is 2.41 bits per heavy atom. The van der Waals surface area contributed by atoms with Gasteiger partial charge in [0.2, 0.25) is 0 Å². The molecular formula is C29H35N5O5. The molecular weight excluding hydrogens is 498 g/mol. The van der Waals surface area contributed by atoms with Crippen molar-refractivity contribution in [1.29, 1.82) is 5.26 Å². The number of nitrogens with zero attached hydrogens (tertiary/aromatic N) is 3. The fourth-order valence-electron chi connectivity index (χ4n) is 5.82. The number of hydrogen-bond acceptors (Lipinski definition) is 8. The second kappa shape index (κ2) is 12.4. The van der Waals surface area contributed by atoms with Crippen molar-refractivity contribution in [3.63, 3.8) is 0 Å². The van der Waals surface area contributed by atoms with Gasteiger partial charge in [0.1, 0.15) is 25.6 Å². The van der Waals surface area contributed by atoms with Crippen LogP contribution >= 0.6 is 0 Å². The second-order valence-electron chi connectivity index (χ2n) is 10.5. The zero-order valence-electron chi connectivity index (χ0n) is 22.2. The Kier molecular flexibility index (Phi) is 8.49. The molecule has 2 saturated heterocycles. The summed E-state index contributed by atoms with van der Waals surface area (Å²) in [6, 6.07) is 14.0. The maximum Gasteiger partial charge on any atom is 0.314 e. The van der Waals surface area contributed by atoms with Crippen LogP contribution in [-0.4, -0.2) is 93.8 Å². The molecule has 10 heteroatoms. The summed E-state index contributed by atoms with van der Waals surface area (Å²) in [7, 11) is 1.60. The van der Waals surface area contributed by atoms with Crippen LogP contribution in [0.15, 0.2) is 42.5 Å². The van der Waals surface area contributed by atoms with E-state index < -0.39 is 0 Å². The van der Waals surface area contributed by atoms with Crippen molar-refractivity contribution in [2.45, 2.75) is 12.5 Å². The van der Waals surface area contributed by atoms with Gasteiger partial charge in [-0.05, 0) is 60.7 Å². The van der Waals surface area contributed by atoms with E-state index in [9.17, 15) is 9.59 Å². The molecule has 5 rings (SSSR count). The molecule has 3 heterocycles. The highest BCUT2D eigenvalue weighted by molar-refractivity contribution is 5.98. The van der Waals surface area contributed by atoms with Gasteiger partial charge in [-0.2, -0.15) is 5.26 Å². The number of benzene rings is 2. The Bertz CT molecular complexity index is 1200. The van der Waals surface area contributed by atoms with Crippen LogP contribution in [0.2, 0.25) is 0 Å². The normalized spacial score (nSPS) is 21.3. The van der Waals surface area contributed by atoms with Crippen LogP contribution < -0.4 is 24.8 Å². The number of ether oxygens (including phenoxy) is 3. The number of carbonyl (C=O) groups excluding carboxylic acids is 2. The number of amides is 2. The number of ketones is 1. The topological polar surface area (TPSA) is 116 Å². The van der Waals surface area contributed by atoms with E-state index in [1.165, 1.54) is 0 Å². The van der Waals surface area contributed by atoms with Crippen molar-refractivity contribution < 1.29 is 23.8 Å². The number of piperidine rings is 2. The summed E-state index contributed by atoms with van der Waals surface area (Å²) in [5, 5.41) is 14.6. The van der Waals surface area contributed by atoms with Crippen molar-refractivity contribution in [3.05, 3.63) is 53.6 Å².